The Balaban J connectivity index is 3.17. The molecular weight excluding hydrogens is 162 g/mol. The SMILES string of the molecule is CC(N)c1cccc(Cl)c1O. The Morgan fingerprint density at radius 1 is 1.55 bits per heavy atom. The van der Waals surface area contributed by atoms with Crippen molar-refractivity contribution in [2.45, 2.75) is 13.0 Å². The van der Waals surface area contributed by atoms with Crippen molar-refractivity contribution in [3.05, 3.63) is 28.8 Å². The fourth-order valence-electron chi connectivity index (χ4n) is 0.899. The number of halogens is 1. The zero-order chi connectivity index (χ0) is 8.43. The van der Waals surface area contributed by atoms with E-state index in [1.54, 1.807) is 25.1 Å². The molecular formula is C8H10ClNO. The van der Waals surface area contributed by atoms with E-state index in [4.69, 9.17) is 17.3 Å². The van der Waals surface area contributed by atoms with Gasteiger partial charge in [0, 0.05) is 11.6 Å². The number of hydrogen-bond acceptors (Lipinski definition) is 2. The predicted molar refractivity (Wildman–Crippen MR) is 45.7 cm³/mol. The Morgan fingerprint density at radius 3 is 2.64 bits per heavy atom. The fourth-order valence-corrected chi connectivity index (χ4v) is 1.08. The lowest BCUT2D eigenvalue weighted by atomic mass is 10.1. The molecule has 0 aliphatic carbocycles. The molecule has 0 saturated heterocycles. The van der Waals surface area contributed by atoms with Gasteiger partial charge in [0.1, 0.15) is 5.75 Å². The summed E-state index contributed by atoms with van der Waals surface area (Å²) in [6.07, 6.45) is 0. The van der Waals surface area contributed by atoms with Crippen LogP contribution in [0.15, 0.2) is 18.2 Å². The van der Waals surface area contributed by atoms with Crippen LogP contribution in [-0.2, 0) is 0 Å². The van der Waals surface area contributed by atoms with Crippen LogP contribution in [0.3, 0.4) is 0 Å². The lowest BCUT2D eigenvalue weighted by Gasteiger charge is -2.08. The molecule has 0 amide bonds. The van der Waals surface area contributed by atoms with E-state index in [1.165, 1.54) is 0 Å². The van der Waals surface area contributed by atoms with E-state index >= 15 is 0 Å². The molecule has 0 saturated carbocycles. The number of phenols is 1. The topological polar surface area (TPSA) is 46.2 Å². The first-order valence-electron chi connectivity index (χ1n) is 3.36. The zero-order valence-corrected chi connectivity index (χ0v) is 6.97. The van der Waals surface area contributed by atoms with Crippen molar-refractivity contribution in [2.75, 3.05) is 0 Å². The van der Waals surface area contributed by atoms with Crippen LogP contribution in [0.25, 0.3) is 0 Å². The quantitative estimate of drug-likeness (QED) is 0.680. The standard InChI is InChI=1S/C8H10ClNO/c1-5(10)6-3-2-4-7(9)8(6)11/h2-5,11H,10H2,1H3. The summed E-state index contributed by atoms with van der Waals surface area (Å²) in [6, 6.07) is 4.96. The normalized spacial score (nSPS) is 13.0. The van der Waals surface area contributed by atoms with Gasteiger partial charge in [-0.05, 0) is 13.0 Å². The van der Waals surface area contributed by atoms with Gasteiger partial charge in [-0.25, -0.2) is 0 Å². The predicted octanol–water partition coefficient (Wildman–Crippen LogP) is 2.07. The monoisotopic (exact) mass is 171 g/mol. The number of para-hydroxylation sites is 1. The summed E-state index contributed by atoms with van der Waals surface area (Å²) in [7, 11) is 0. The maximum atomic E-state index is 9.36. The van der Waals surface area contributed by atoms with Gasteiger partial charge in [-0.15, -0.1) is 0 Å². The highest BCUT2D eigenvalue weighted by atomic mass is 35.5. The molecule has 1 rings (SSSR count). The fraction of sp³-hybridized carbons (Fsp3) is 0.250. The molecule has 0 aliphatic rings. The van der Waals surface area contributed by atoms with Crippen molar-refractivity contribution >= 4 is 11.6 Å². The van der Waals surface area contributed by atoms with E-state index in [-0.39, 0.29) is 11.8 Å². The maximum absolute atomic E-state index is 9.36. The first kappa shape index (κ1) is 8.37. The summed E-state index contributed by atoms with van der Waals surface area (Å²) < 4.78 is 0. The first-order chi connectivity index (χ1) is 5.13. The molecule has 1 unspecified atom stereocenters. The van der Waals surface area contributed by atoms with Gasteiger partial charge in [0.2, 0.25) is 0 Å². The molecule has 0 spiro atoms. The second kappa shape index (κ2) is 3.11. The molecule has 2 nitrogen and oxygen atoms in total. The number of nitrogens with two attached hydrogens (primary N) is 1. The van der Waals surface area contributed by atoms with E-state index < -0.39 is 0 Å². The van der Waals surface area contributed by atoms with Crippen LogP contribution in [0.4, 0.5) is 0 Å². The highest BCUT2D eigenvalue weighted by molar-refractivity contribution is 6.32. The highest BCUT2D eigenvalue weighted by Crippen LogP contribution is 2.29. The molecule has 0 radical (unpaired) electrons. The van der Waals surface area contributed by atoms with Crippen molar-refractivity contribution in [1.82, 2.24) is 0 Å². The minimum Gasteiger partial charge on any atom is -0.506 e. The van der Waals surface area contributed by atoms with Crippen LogP contribution in [0.2, 0.25) is 5.02 Å². The van der Waals surface area contributed by atoms with Gasteiger partial charge >= 0.3 is 0 Å². The van der Waals surface area contributed by atoms with Gasteiger partial charge in [0.25, 0.3) is 0 Å². The lowest BCUT2D eigenvalue weighted by Crippen LogP contribution is -2.04. The summed E-state index contributed by atoms with van der Waals surface area (Å²) >= 11 is 5.65. The van der Waals surface area contributed by atoms with E-state index in [9.17, 15) is 5.11 Å². The van der Waals surface area contributed by atoms with Crippen LogP contribution in [0.1, 0.15) is 18.5 Å². The third kappa shape index (κ3) is 1.64. The van der Waals surface area contributed by atoms with Crippen molar-refractivity contribution in [3.8, 4) is 5.75 Å². The number of aromatic hydroxyl groups is 1. The van der Waals surface area contributed by atoms with Crippen LogP contribution in [-0.4, -0.2) is 5.11 Å². The first-order valence-corrected chi connectivity index (χ1v) is 3.73. The molecule has 0 aromatic heterocycles. The number of phenolic OH excluding ortho intramolecular Hbond substituents is 1. The summed E-state index contributed by atoms with van der Waals surface area (Å²) in [4.78, 5) is 0. The summed E-state index contributed by atoms with van der Waals surface area (Å²) in [5, 5.41) is 9.70. The molecule has 3 heteroatoms. The third-order valence-electron chi connectivity index (χ3n) is 1.51. The molecule has 60 valence electrons. The summed E-state index contributed by atoms with van der Waals surface area (Å²) in [5.41, 5.74) is 6.24. The van der Waals surface area contributed by atoms with Gasteiger partial charge in [-0.2, -0.15) is 0 Å². The number of hydrogen-bond donors (Lipinski definition) is 2. The molecule has 11 heavy (non-hydrogen) atoms. The minimum atomic E-state index is -0.186. The van der Waals surface area contributed by atoms with Gasteiger partial charge < -0.3 is 10.8 Å². The number of rotatable bonds is 1. The van der Waals surface area contributed by atoms with Crippen LogP contribution >= 0.6 is 11.6 Å². The molecule has 0 fully saturated rings. The Labute approximate surface area is 70.6 Å². The van der Waals surface area contributed by atoms with Crippen molar-refractivity contribution in [3.63, 3.8) is 0 Å². The Kier molecular flexibility index (Phi) is 2.37. The molecule has 1 aromatic carbocycles. The molecule has 3 N–H and O–H groups in total. The third-order valence-corrected chi connectivity index (χ3v) is 1.81. The smallest absolute Gasteiger partial charge is 0.138 e. The zero-order valence-electron chi connectivity index (χ0n) is 6.21. The van der Waals surface area contributed by atoms with Crippen molar-refractivity contribution < 1.29 is 5.11 Å². The van der Waals surface area contributed by atoms with Crippen LogP contribution in [0, 0.1) is 0 Å². The summed E-state index contributed by atoms with van der Waals surface area (Å²) in [6.45, 7) is 1.80. The van der Waals surface area contributed by atoms with E-state index in [2.05, 4.69) is 0 Å². The average Bonchev–Trinajstić information content (AvgIpc) is 1.94. The van der Waals surface area contributed by atoms with E-state index in [1.807, 2.05) is 0 Å². The van der Waals surface area contributed by atoms with Crippen LogP contribution < -0.4 is 5.73 Å². The largest absolute Gasteiger partial charge is 0.506 e. The molecule has 0 aliphatic heterocycles. The lowest BCUT2D eigenvalue weighted by molar-refractivity contribution is 0.464. The Morgan fingerprint density at radius 2 is 2.18 bits per heavy atom. The van der Waals surface area contributed by atoms with Gasteiger partial charge in [-0.3, -0.25) is 0 Å². The maximum Gasteiger partial charge on any atom is 0.138 e. The van der Waals surface area contributed by atoms with E-state index in [0.717, 1.165) is 0 Å². The van der Waals surface area contributed by atoms with Gasteiger partial charge in [0.15, 0.2) is 0 Å². The van der Waals surface area contributed by atoms with Crippen molar-refractivity contribution in [2.24, 2.45) is 5.73 Å². The van der Waals surface area contributed by atoms with Gasteiger partial charge in [-0.1, -0.05) is 23.7 Å². The second-order valence-electron chi connectivity index (χ2n) is 2.47. The Hall–Kier alpha value is -0.730. The van der Waals surface area contributed by atoms with Gasteiger partial charge in [0.05, 0.1) is 5.02 Å². The second-order valence-corrected chi connectivity index (χ2v) is 2.87. The summed E-state index contributed by atoms with van der Waals surface area (Å²) in [5.74, 6) is 0.0872. The highest BCUT2D eigenvalue weighted by Gasteiger charge is 2.07. The van der Waals surface area contributed by atoms with Crippen LogP contribution in [0.5, 0.6) is 5.75 Å². The molecule has 0 heterocycles. The average molecular weight is 172 g/mol. The number of benzene rings is 1. The molecule has 1 atom stereocenters. The molecule has 1 aromatic rings. The Bertz CT molecular complexity index is 260. The van der Waals surface area contributed by atoms with Crippen molar-refractivity contribution in [1.29, 1.82) is 0 Å². The minimum absolute atomic E-state index is 0.0872. The molecule has 0 bridgehead atoms. The van der Waals surface area contributed by atoms with E-state index in [0.29, 0.717) is 10.6 Å².